The van der Waals surface area contributed by atoms with Crippen LogP contribution in [-0.2, 0) is 29.7 Å². The van der Waals surface area contributed by atoms with E-state index in [0.717, 1.165) is 27.6 Å². The normalized spacial score (nSPS) is 12.8. The fourth-order valence-electron chi connectivity index (χ4n) is 2.20. The van der Waals surface area contributed by atoms with E-state index >= 15 is 0 Å². The monoisotopic (exact) mass is 627 g/mol. The van der Waals surface area contributed by atoms with Crippen LogP contribution in [0.2, 0.25) is 0 Å². The predicted octanol–water partition coefficient (Wildman–Crippen LogP) is 4.23. The SMILES string of the molecule is CC(CO)NC(=O)c1cccc(/C=C\CCCC(=O)N(C)C)c1.N/N=N/N=N/N=N/N=N/N=N/N=N/N=N/N=[S]=[V]. The Balaban J connectivity index is 0.000000807. The van der Waals surface area contributed by atoms with Crippen molar-refractivity contribution in [2.45, 2.75) is 32.2 Å². The summed E-state index contributed by atoms with van der Waals surface area (Å²) in [6, 6.07) is 7.03. The number of carbonyl (C=O) groups excluding carboxylic acids is 2. The molecule has 23 heteroatoms. The van der Waals surface area contributed by atoms with Crippen molar-refractivity contribution in [3.05, 3.63) is 41.5 Å². The molecule has 0 saturated heterocycles. The second-order valence-electron chi connectivity index (χ2n) is 7.21. The van der Waals surface area contributed by atoms with Crippen LogP contribution in [0.15, 0.2) is 108 Å². The number of amides is 2. The number of hydrogen-bond donors (Lipinski definition) is 3. The number of nitrogens with two attached hydrogens (primary N) is 1. The molecule has 0 spiro atoms. The Kier molecular flexibility index (Phi) is 22.9. The molecule has 1 unspecified atom stereocenters. The van der Waals surface area contributed by atoms with Gasteiger partial charge in [-0.25, -0.2) is 0 Å². The molecule has 0 aliphatic rings. The van der Waals surface area contributed by atoms with Crippen molar-refractivity contribution in [3.63, 3.8) is 0 Å². The number of benzene rings is 1. The van der Waals surface area contributed by atoms with Crippen LogP contribution >= 0.6 is 0 Å². The van der Waals surface area contributed by atoms with Crippen LogP contribution in [0.25, 0.3) is 6.08 Å². The van der Waals surface area contributed by atoms with E-state index in [-0.39, 0.29) is 24.5 Å². The fraction of sp³-hybridized carbons (Fsp3) is 0.444. The summed E-state index contributed by atoms with van der Waals surface area (Å²) in [5, 5.41) is 53.7. The van der Waals surface area contributed by atoms with Gasteiger partial charge in [0.05, 0.1) is 6.61 Å². The van der Waals surface area contributed by atoms with Crippen LogP contribution in [0.3, 0.4) is 0 Å². The molecule has 1 aromatic rings. The van der Waals surface area contributed by atoms with Gasteiger partial charge in [-0.15, -0.1) is 0 Å². The average molecular weight is 628 g/mol. The van der Waals surface area contributed by atoms with E-state index < -0.39 is 0 Å². The first-order chi connectivity index (χ1) is 19.8. The van der Waals surface area contributed by atoms with E-state index in [2.05, 4.69) is 104 Å². The molecule has 219 valence electrons. The van der Waals surface area contributed by atoms with Crippen molar-refractivity contribution in [1.82, 2.24) is 10.2 Å². The van der Waals surface area contributed by atoms with Crippen molar-refractivity contribution < 1.29 is 30.4 Å². The van der Waals surface area contributed by atoms with Crippen molar-refractivity contribution in [1.29, 1.82) is 0 Å². The summed E-state index contributed by atoms with van der Waals surface area (Å²) in [7, 11) is 4.55. The van der Waals surface area contributed by atoms with E-state index in [0.29, 0.717) is 12.0 Å². The van der Waals surface area contributed by atoms with E-state index in [9.17, 15) is 9.59 Å². The van der Waals surface area contributed by atoms with Gasteiger partial charge in [0.25, 0.3) is 5.91 Å². The van der Waals surface area contributed by atoms with Gasteiger partial charge in [-0.2, -0.15) is 0 Å². The topological polar surface area (TPSA) is 281 Å². The second-order valence-corrected chi connectivity index (χ2v) is 8.30. The van der Waals surface area contributed by atoms with E-state index in [1.807, 2.05) is 24.3 Å². The van der Waals surface area contributed by atoms with Crippen molar-refractivity contribution in [2.75, 3.05) is 20.7 Å². The molecule has 0 aromatic heterocycles. The van der Waals surface area contributed by atoms with Gasteiger partial charge in [0.2, 0.25) is 5.91 Å². The first-order valence-electron chi connectivity index (χ1n) is 11.2. The van der Waals surface area contributed by atoms with E-state index in [4.69, 9.17) is 5.11 Å². The number of aliphatic hydroxyl groups excluding tert-OH is 1. The van der Waals surface area contributed by atoms with Crippen LogP contribution in [0.4, 0.5) is 0 Å². The van der Waals surface area contributed by atoms with Crippen molar-refractivity contribution in [3.8, 4) is 0 Å². The number of carbonyl (C=O) groups is 2. The molecule has 1 atom stereocenters. The van der Waals surface area contributed by atoms with Gasteiger partial charge in [0, 0.05) is 32.1 Å². The molecule has 0 fully saturated rings. The number of nitrogens with zero attached hydrogens (tertiary/aromatic N) is 16. The summed E-state index contributed by atoms with van der Waals surface area (Å²) in [6.07, 6.45) is 6.13. The number of nitrogens with one attached hydrogen (secondary N) is 1. The summed E-state index contributed by atoms with van der Waals surface area (Å²) in [4.78, 5) is 25.0. The second kappa shape index (κ2) is 25.7. The molecule has 2 amide bonds. The zero-order valence-corrected chi connectivity index (χ0v) is 24.4. The third kappa shape index (κ3) is 22.0. The molecule has 0 aliphatic carbocycles. The number of aliphatic hydroxyl groups is 1. The third-order valence-corrected chi connectivity index (χ3v) is 4.46. The van der Waals surface area contributed by atoms with Crippen LogP contribution in [0, 0.1) is 0 Å². The van der Waals surface area contributed by atoms with E-state index in [1.165, 1.54) is 0 Å². The van der Waals surface area contributed by atoms with Gasteiger partial charge in [-0.05, 0) is 53.1 Å². The number of allylic oxidation sites excluding steroid dienone is 1. The van der Waals surface area contributed by atoms with Crippen LogP contribution < -0.4 is 11.2 Å². The summed E-state index contributed by atoms with van der Waals surface area (Å²) in [5.74, 6) is 4.54. The van der Waals surface area contributed by atoms with Gasteiger partial charge in [-0.3, -0.25) is 9.59 Å². The Hall–Kier alpha value is -4.54. The van der Waals surface area contributed by atoms with Crippen LogP contribution in [0.5, 0.6) is 0 Å². The minimum absolute atomic E-state index is 0.0863. The standard InChI is InChI=1S/C18H26N2O3.H2N16S.V/c1-14(13-21)19-18(23)16-10-7-9-15(12-16)8-5-4-6-11-17(22)20(2)3;1-2-3-4-5-6-7-8-9-10-11-12-13-14-15-16-17;/h5,7-10,12,14,21H,4,6,11,13H2,1-3H3,(H,19,23);(H2,1,3,5,7,9,11,13,15,17);/b8-5-;;. The molecule has 0 radical (unpaired) electrons. The first-order valence-corrected chi connectivity index (χ1v) is 13.7. The summed E-state index contributed by atoms with van der Waals surface area (Å²) in [5.41, 5.74) is 1.50. The minimum atomic E-state index is -0.268. The zero-order chi connectivity index (χ0) is 30.6. The molecule has 1 rings (SSSR count). The Morgan fingerprint density at radius 3 is 2.07 bits per heavy atom. The number of unbranched alkanes of at least 4 members (excludes halogenated alkanes) is 1. The number of hydrogen-bond acceptors (Lipinski definition) is 4. The Morgan fingerprint density at radius 2 is 1.56 bits per heavy atom. The summed E-state index contributed by atoms with van der Waals surface area (Å²) < 4.78 is 3.37. The van der Waals surface area contributed by atoms with Crippen molar-refractivity contribution in [2.24, 2.45) is 83.4 Å². The molecular formula is C18H28N18O3SV. The van der Waals surface area contributed by atoms with Crippen LogP contribution in [0.1, 0.15) is 42.1 Å². The van der Waals surface area contributed by atoms with E-state index in [1.54, 1.807) is 38.1 Å². The molecule has 0 bridgehead atoms. The molecule has 0 aliphatic heterocycles. The van der Waals surface area contributed by atoms with Gasteiger partial charge < -0.3 is 21.2 Å². The fourth-order valence-corrected chi connectivity index (χ4v) is 2.42. The number of rotatable bonds is 15. The van der Waals surface area contributed by atoms with Crippen LogP contribution in [-0.4, -0.2) is 48.6 Å². The zero-order valence-electron chi connectivity index (χ0n) is 22.2. The molecule has 41 heavy (non-hydrogen) atoms. The van der Waals surface area contributed by atoms with Gasteiger partial charge >= 0.3 is 81.6 Å². The molecule has 21 nitrogen and oxygen atoms in total. The molecule has 1 aromatic carbocycles. The maximum atomic E-state index is 12.0. The molecule has 0 saturated carbocycles. The van der Waals surface area contributed by atoms with Crippen molar-refractivity contribution >= 4 is 27.1 Å². The Bertz CT molecular complexity index is 1210. The summed E-state index contributed by atoms with van der Waals surface area (Å²) in [6.45, 7) is 1.66. The quantitative estimate of drug-likeness (QED) is 0.111. The van der Waals surface area contributed by atoms with Gasteiger partial charge in [0.1, 0.15) is 0 Å². The molecule has 4 N–H and O–H groups in total. The molecular weight excluding hydrogens is 599 g/mol. The third-order valence-electron chi connectivity index (χ3n) is 3.98. The summed E-state index contributed by atoms with van der Waals surface area (Å²) >= 11 is 2.10. The Labute approximate surface area is 245 Å². The Morgan fingerprint density at radius 1 is 1.00 bits per heavy atom. The predicted molar refractivity (Wildman–Crippen MR) is 140 cm³/mol. The van der Waals surface area contributed by atoms with Gasteiger partial charge in [0.15, 0.2) is 0 Å². The maximum absolute atomic E-state index is 12.0. The molecule has 0 heterocycles. The average Bonchev–Trinajstić information content (AvgIpc) is 2.97. The van der Waals surface area contributed by atoms with Gasteiger partial charge in [-0.1, -0.05) is 29.5 Å². The first kappa shape index (κ1) is 36.5.